The Morgan fingerprint density at radius 2 is 1.72 bits per heavy atom. The lowest BCUT2D eigenvalue weighted by Crippen LogP contribution is -2.16. The molecule has 0 spiro atoms. The van der Waals surface area contributed by atoms with Crippen LogP contribution in [0.2, 0.25) is 0 Å². The molecule has 184 valence electrons. The van der Waals surface area contributed by atoms with Gasteiger partial charge in [0, 0.05) is 11.4 Å². The van der Waals surface area contributed by atoms with E-state index in [9.17, 15) is 13.2 Å². The lowest BCUT2D eigenvalue weighted by Gasteiger charge is -2.10. The molecule has 1 N–H and O–H groups in total. The number of aryl methyl sites for hydroxylation is 2. The number of hydrogen-bond acceptors (Lipinski definition) is 7. The summed E-state index contributed by atoms with van der Waals surface area (Å²) in [4.78, 5) is 11.3. The fourth-order valence-electron chi connectivity index (χ4n) is 3.80. The van der Waals surface area contributed by atoms with Gasteiger partial charge in [-0.15, -0.1) is 29.6 Å². The van der Waals surface area contributed by atoms with Crippen molar-refractivity contribution < 1.29 is 17.9 Å². The van der Waals surface area contributed by atoms with Crippen molar-refractivity contribution in [3.05, 3.63) is 77.4 Å². The second-order valence-electron chi connectivity index (χ2n) is 8.10. The summed E-state index contributed by atoms with van der Waals surface area (Å²) in [6, 6.07) is 15.9. The van der Waals surface area contributed by atoms with Crippen molar-refractivity contribution in [2.24, 2.45) is 0 Å². The highest BCUT2D eigenvalue weighted by atomic mass is 32.1. The summed E-state index contributed by atoms with van der Waals surface area (Å²) in [5.41, 5.74) is 2.91. The van der Waals surface area contributed by atoms with E-state index in [1.165, 1.54) is 22.4 Å². The highest BCUT2D eigenvalue weighted by Crippen LogP contribution is 2.30. The average Bonchev–Trinajstić information content (AvgIpc) is 3.51. The van der Waals surface area contributed by atoms with Gasteiger partial charge in [-0.3, -0.25) is 0 Å². The molecule has 0 bridgehead atoms. The normalized spacial score (nSPS) is 11.7. The van der Waals surface area contributed by atoms with E-state index in [1.54, 1.807) is 35.9 Å². The number of nitrogens with zero attached hydrogens (tertiary/aromatic N) is 5. The lowest BCUT2D eigenvalue weighted by molar-refractivity contribution is -0.274. The number of halogens is 3. The Morgan fingerprint density at radius 1 is 1.00 bits per heavy atom. The summed E-state index contributed by atoms with van der Waals surface area (Å²) < 4.78 is 42.5. The van der Waals surface area contributed by atoms with Crippen LogP contribution in [0.3, 0.4) is 0 Å². The van der Waals surface area contributed by atoms with Gasteiger partial charge in [-0.25, -0.2) is 0 Å². The van der Waals surface area contributed by atoms with Crippen molar-refractivity contribution in [3.63, 3.8) is 0 Å². The molecule has 7 nitrogen and oxygen atoms in total. The first-order valence-electron chi connectivity index (χ1n) is 11.2. The number of aromatic nitrogens is 5. The molecule has 0 saturated carbocycles. The third kappa shape index (κ3) is 5.62. The van der Waals surface area contributed by atoms with Crippen LogP contribution < -0.4 is 10.1 Å². The molecule has 5 aromatic rings. The van der Waals surface area contributed by atoms with E-state index in [-0.39, 0.29) is 5.75 Å². The minimum absolute atomic E-state index is 0.234. The maximum absolute atomic E-state index is 12.3. The Morgan fingerprint density at radius 3 is 2.39 bits per heavy atom. The fourth-order valence-corrected chi connectivity index (χ4v) is 4.67. The Hall–Kier alpha value is -3.99. The van der Waals surface area contributed by atoms with Crippen molar-refractivity contribution in [1.29, 1.82) is 0 Å². The first-order chi connectivity index (χ1) is 17.3. The van der Waals surface area contributed by atoms with Crippen LogP contribution in [-0.2, 0) is 6.42 Å². The quantitative estimate of drug-likeness (QED) is 0.251. The second kappa shape index (κ2) is 9.94. The number of rotatable bonds is 8. The summed E-state index contributed by atoms with van der Waals surface area (Å²) in [7, 11) is 0. The van der Waals surface area contributed by atoms with Crippen LogP contribution in [-0.4, -0.2) is 37.9 Å². The van der Waals surface area contributed by atoms with Crippen LogP contribution in [0.15, 0.2) is 67.0 Å². The average molecular weight is 511 g/mol. The molecule has 3 aromatic heterocycles. The highest BCUT2D eigenvalue weighted by Gasteiger charge is 2.30. The summed E-state index contributed by atoms with van der Waals surface area (Å²) in [6.07, 6.45) is 0.344. The van der Waals surface area contributed by atoms with Gasteiger partial charge in [-0.2, -0.15) is 14.6 Å². The SMILES string of the molecule is Cc1cc2c(NCCCc3ccc(-c4ccc(OC(F)(F)F)cc4)cc3)nc(-n3ccnn3)nc2s1. The summed E-state index contributed by atoms with van der Waals surface area (Å²) >= 11 is 1.61. The zero-order chi connectivity index (χ0) is 25.1. The maximum atomic E-state index is 12.3. The monoisotopic (exact) mass is 510 g/mol. The van der Waals surface area contributed by atoms with Crippen LogP contribution in [0, 0.1) is 6.92 Å². The molecular weight excluding hydrogens is 489 g/mol. The van der Waals surface area contributed by atoms with Gasteiger partial charge in [-0.05, 0) is 54.7 Å². The van der Waals surface area contributed by atoms with E-state index in [4.69, 9.17) is 0 Å². The standard InChI is InChI=1S/C25H21F3N6OS/c1-16-15-21-22(31-24(32-23(21)36-16)34-14-13-30-33-34)29-12-2-3-17-4-6-18(7-5-17)19-8-10-20(11-9-19)35-25(26,27)28/h4-11,13-15H,2-3,12H2,1H3,(H,29,31,32). The first kappa shape index (κ1) is 23.7. The van der Waals surface area contributed by atoms with Crippen LogP contribution >= 0.6 is 11.3 Å². The minimum atomic E-state index is -4.69. The largest absolute Gasteiger partial charge is 0.573 e. The number of hydrogen-bond donors (Lipinski definition) is 1. The topological polar surface area (TPSA) is 77.8 Å². The van der Waals surface area contributed by atoms with E-state index in [0.717, 1.165) is 51.4 Å². The highest BCUT2D eigenvalue weighted by molar-refractivity contribution is 7.18. The van der Waals surface area contributed by atoms with Gasteiger partial charge in [0.1, 0.15) is 16.4 Å². The Bertz CT molecular complexity index is 1450. The van der Waals surface area contributed by atoms with Gasteiger partial charge < -0.3 is 10.1 Å². The molecule has 0 atom stereocenters. The van der Waals surface area contributed by atoms with Crippen molar-refractivity contribution in [1.82, 2.24) is 25.0 Å². The smallest absolute Gasteiger partial charge is 0.406 e. The van der Waals surface area contributed by atoms with E-state index in [1.807, 2.05) is 31.2 Å². The predicted octanol–water partition coefficient (Wildman–Crippen LogP) is 6.19. The Kier molecular flexibility index (Phi) is 6.55. The zero-order valence-corrected chi connectivity index (χ0v) is 20.0. The van der Waals surface area contributed by atoms with Gasteiger partial charge in [0.15, 0.2) is 0 Å². The second-order valence-corrected chi connectivity index (χ2v) is 9.33. The van der Waals surface area contributed by atoms with Gasteiger partial charge >= 0.3 is 6.36 Å². The first-order valence-corrected chi connectivity index (χ1v) is 12.0. The molecule has 0 unspecified atom stereocenters. The van der Waals surface area contributed by atoms with Gasteiger partial charge in [0.05, 0.1) is 17.8 Å². The molecule has 5 rings (SSSR count). The lowest BCUT2D eigenvalue weighted by atomic mass is 10.0. The number of fused-ring (bicyclic) bond motifs is 1. The zero-order valence-electron chi connectivity index (χ0n) is 19.2. The molecule has 36 heavy (non-hydrogen) atoms. The van der Waals surface area contributed by atoms with E-state index in [2.05, 4.69) is 36.4 Å². The number of thiophene rings is 1. The summed E-state index contributed by atoms with van der Waals surface area (Å²) in [5.74, 6) is 1.00. The van der Waals surface area contributed by atoms with Crippen molar-refractivity contribution in [2.75, 3.05) is 11.9 Å². The summed E-state index contributed by atoms with van der Waals surface area (Å²) in [6.45, 7) is 2.76. The molecule has 0 saturated heterocycles. The third-order valence-electron chi connectivity index (χ3n) is 5.44. The molecule has 2 aromatic carbocycles. The van der Waals surface area contributed by atoms with Crippen LogP contribution in [0.1, 0.15) is 16.9 Å². The molecule has 0 fully saturated rings. The van der Waals surface area contributed by atoms with Crippen molar-refractivity contribution >= 4 is 27.4 Å². The molecular formula is C25H21F3N6OS. The molecule has 0 aliphatic carbocycles. The van der Waals surface area contributed by atoms with Crippen molar-refractivity contribution in [3.8, 4) is 22.8 Å². The number of benzene rings is 2. The molecule has 11 heteroatoms. The third-order valence-corrected chi connectivity index (χ3v) is 6.39. The molecule has 0 amide bonds. The van der Waals surface area contributed by atoms with Crippen LogP contribution in [0.4, 0.5) is 19.0 Å². The number of nitrogens with one attached hydrogen (secondary N) is 1. The Balaban J connectivity index is 1.20. The van der Waals surface area contributed by atoms with E-state index >= 15 is 0 Å². The predicted molar refractivity (Wildman–Crippen MR) is 132 cm³/mol. The number of anilines is 1. The van der Waals surface area contributed by atoms with Gasteiger partial charge in [0.2, 0.25) is 0 Å². The number of alkyl halides is 3. The van der Waals surface area contributed by atoms with Crippen LogP contribution in [0.25, 0.3) is 27.3 Å². The van der Waals surface area contributed by atoms with Gasteiger partial charge in [-0.1, -0.05) is 41.6 Å². The van der Waals surface area contributed by atoms with Crippen LogP contribution in [0.5, 0.6) is 5.75 Å². The molecule has 0 radical (unpaired) electrons. The fraction of sp³-hybridized carbons (Fsp3) is 0.200. The van der Waals surface area contributed by atoms with E-state index < -0.39 is 6.36 Å². The molecule has 0 aliphatic heterocycles. The van der Waals surface area contributed by atoms with Crippen molar-refractivity contribution in [2.45, 2.75) is 26.1 Å². The van der Waals surface area contributed by atoms with Gasteiger partial charge in [0.25, 0.3) is 5.95 Å². The minimum Gasteiger partial charge on any atom is -0.406 e. The number of ether oxygens (including phenoxy) is 1. The summed E-state index contributed by atoms with van der Waals surface area (Å²) in [5, 5.41) is 12.2. The van der Waals surface area contributed by atoms with E-state index in [0.29, 0.717) is 5.95 Å². The molecule has 0 aliphatic rings. The maximum Gasteiger partial charge on any atom is 0.573 e. The Labute approximate surface area is 208 Å². The molecule has 3 heterocycles.